The van der Waals surface area contributed by atoms with Crippen molar-refractivity contribution in [2.75, 3.05) is 11.9 Å². The third-order valence-corrected chi connectivity index (χ3v) is 4.93. The zero-order valence-electron chi connectivity index (χ0n) is 12.7. The number of hydrogen-bond donors (Lipinski definition) is 1. The van der Waals surface area contributed by atoms with Crippen LogP contribution in [0.25, 0.3) is 11.1 Å². The molecule has 1 aromatic carbocycles. The lowest BCUT2D eigenvalue weighted by Crippen LogP contribution is -2.30. The minimum absolute atomic E-state index is 0.115. The number of nitrogens with zero attached hydrogens (tertiary/aromatic N) is 2. The first-order chi connectivity index (χ1) is 10.6. The van der Waals surface area contributed by atoms with E-state index in [4.69, 9.17) is 5.73 Å². The third-order valence-electron chi connectivity index (χ3n) is 4.93. The summed E-state index contributed by atoms with van der Waals surface area (Å²) in [5.74, 6) is 0.188. The molecule has 0 saturated carbocycles. The molecule has 4 heteroatoms. The first-order valence-electron chi connectivity index (χ1n) is 7.77. The summed E-state index contributed by atoms with van der Waals surface area (Å²) < 4.78 is 0. The summed E-state index contributed by atoms with van der Waals surface area (Å²) in [6, 6.07) is 6.47. The molecule has 0 radical (unpaired) electrons. The first-order valence-corrected chi connectivity index (χ1v) is 7.77. The Bertz CT molecular complexity index is 769. The summed E-state index contributed by atoms with van der Waals surface area (Å²) in [7, 11) is 1.85. The van der Waals surface area contributed by atoms with Crippen LogP contribution in [0, 0.1) is 0 Å². The van der Waals surface area contributed by atoms with Gasteiger partial charge < -0.3 is 10.6 Å². The highest BCUT2D eigenvalue weighted by Crippen LogP contribution is 2.38. The molecule has 1 atom stereocenters. The summed E-state index contributed by atoms with van der Waals surface area (Å²) in [6.07, 6.45) is 7.26. The molecule has 1 aliphatic carbocycles. The maximum atomic E-state index is 11.8. The molecular weight excluding hydrogens is 274 g/mol. The second-order valence-electron chi connectivity index (χ2n) is 6.20. The van der Waals surface area contributed by atoms with Crippen molar-refractivity contribution < 1.29 is 4.79 Å². The van der Waals surface area contributed by atoms with Gasteiger partial charge in [0.05, 0.1) is 0 Å². The molecular formula is C18H19N3O. The predicted octanol–water partition coefficient (Wildman–Crippen LogP) is 2.60. The molecule has 4 nitrogen and oxygen atoms in total. The Hall–Kier alpha value is -2.20. The average Bonchev–Trinajstić information content (AvgIpc) is 2.92. The molecule has 0 saturated heterocycles. The van der Waals surface area contributed by atoms with Crippen molar-refractivity contribution in [2.24, 2.45) is 5.73 Å². The van der Waals surface area contributed by atoms with E-state index in [1.165, 1.54) is 27.8 Å². The number of pyridine rings is 1. The molecule has 0 bridgehead atoms. The van der Waals surface area contributed by atoms with Gasteiger partial charge in [0, 0.05) is 43.2 Å². The molecule has 0 fully saturated rings. The van der Waals surface area contributed by atoms with Crippen LogP contribution in [0.4, 0.5) is 5.69 Å². The highest BCUT2D eigenvalue weighted by Gasteiger charge is 2.24. The van der Waals surface area contributed by atoms with Gasteiger partial charge in [-0.15, -0.1) is 0 Å². The topological polar surface area (TPSA) is 59.2 Å². The van der Waals surface area contributed by atoms with Crippen molar-refractivity contribution in [3.05, 3.63) is 47.3 Å². The normalized spacial score (nSPS) is 20.0. The summed E-state index contributed by atoms with van der Waals surface area (Å²) in [5, 5.41) is 0. The second kappa shape index (κ2) is 4.92. The van der Waals surface area contributed by atoms with Crippen molar-refractivity contribution in [1.29, 1.82) is 0 Å². The lowest BCUT2D eigenvalue weighted by molar-refractivity contribution is -0.118. The molecule has 2 N–H and O–H groups in total. The van der Waals surface area contributed by atoms with E-state index in [1.54, 1.807) is 4.90 Å². The third kappa shape index (κ3) is 1.95. The molecule has 2 aromatic rings. The monoisotopic (exact) mass is 293 g/mol. The van der Waals surface area contributed by atoms with Gasteiger partial charge in [0.2, 0.25) is 5.91 Å². The van der Waals surface area contributed by atoms with Crippen LogP contribution < -0.4 is 10.6 Å². The van der Waals surface area contributed by atoms with Crippen LogP contribution in [-0.4, -0.2) is 17.9 Å². The minimum atomic E-state index is 0.115. The fraction of sp³-hybridized carbons (Fsp3) is 0.333. The number of amides is 1. The van der Waals surface area contributed by atoms with Gasteiger partial charge in [-0.3, -0.25) is 9.78 Å². The van der Waals surface area contributed by atoms with E-state index in [1.807, 2.05) is 19.4 Å². The molecule has 2 aliphatic rings. The van der Waals surface area contributed by atoms with Gasteiger partial charge in [0.1, 0.15) is 0 Å². The standard InChI is InChI=1S/C18H19N3O/c1-21-17-6-2-11(8-12(17)3-7-18(21)22)14-9-20-10-15-13(14)4-5-16(15)19/h2,6,8-10,16H,3-5,7,19H2,1H3. The van der Waals surface area contributed by atoms with Gasteiger partial charge in [-0.05, 0) is 53.6 Å². The zero-order chi connectivity index (χ0) is 15.3. The summed E-state index contributed by atoms with van der Waals surface area (Å²) >= 11 is 0. The van der Waals surface area contributed by atoms with E-state index in [-0.39, 0.29) is 11.9 Å². The number of fused-ring (bicyclic) bond motifs is 2. The van der Waals surface area contributed by atoms with Crippen LogP contribution >= 0.6 is 0 Å². The molecule has 1 aliphatic heterocycles. The van der Waals surface area contributed by atoms with Crippen molar-refractivity contribution in [1.82, 2.24) is 4.98 Å². The van der Waals surface area contributed by atoms with Crippen LogP contribution in [0.15, 0.2) is 30.6 Å². The summed E-state index contributed by atoms with van der Waals surface area (Å²) in [5.41, 5.74) is 13.3. The number of nitrogens with two attached hydrogens (primary N) is 1. The number of rotatable bonds is 1. The molecule has 1 aromatic heterocycles. The van der Waals surface area contributed by atoms with Crippen molar-refractivity contribution in [3.63, 3.8) is 0 Å². The van der Waals surface area contributed by atoms with Crippen LogP contribution in [0.1, 0.15) is 35.6 Å². The van der Waals surface area contributed by atoms with E-state index in [2.05, 4.69) is 23.2 Å². The van der Waals surface area contributed by atoms with E-state index < -0.39 is 0 Å². The molecule has 112 valence electrons. The minimum Gasteiger partial charge on any atom is -0.324 e. The van der Waals surface area contributed by atoms with Gasteiger partial charge in [-0.2, -0.15) is 0 Å². The average molecular weight is 293 g/mol. The molecule has 0 spiro atoms. The van der Waals surface area contributed by atoms with E-state index in [0.29, 0.717) is 6.42 Å². The highest BCUT2D eigenvalue weighted by atomic mass is 16.2. The van der Waals surface area contributed by atoms with E-state index in [0.717, 1.165) is 24.9 Å². The highest BCUT2D eigenvalue weighted by molar-refractivity contribution is 5.96. The van der Waals surface area contributed by atoms with Gasteiger partial charge in [0.15, 0.2) is 0 Å². The van der Waals surface area contributed by atoms with Crippen LogP contribution in [0.2, 0.25) is 0 Å². The first kappa shape index (κ1) is 13.5. The number of hydrogen-bond acceptors (Lipinski definition) is 3. The number of aromatic nitrogens is 1. The van der Waals surface area contributed by atoms with Gasteiger partial charge in [0.25, 0.3) is 0 Å². The fourth-order valence-corrected chi connectivity index (χ4v) is 3.63. The second-order valence-corrected chi connectivity index (χ2v) is 6.20. The molecule has 22 heavy (non-hydrogen) atoms. The smallest absolute Gasteiger partial charge is 0.227 e. The summed E-state index contributed by atoms with van der Waals surface area (Å²) in [4.78, 5) is 17.9. The van der Waals surface area contributed by atoms with Gasteiger partial charge >= 0.3 is 0 Å². The Kier molecular flexibility index (Phi) is 3.01. The Balaban J connectivity index is 1.81. The molecule has 2 heterocycles. The van der Waals surface area contributed by atoms with Gasteiger partial charge in [-0.1, -0.05) is 6.07 Å². The Labute approximate surface area is 130 Å². The molecule has 1 amide bonds. The number of anilines is 1. The SMILES string of the molecule is CN1C(=O)CCc2cc(-c3cncc4c3CCC4N)ccc21. The van der Waals surface area contributed by atoms with Crippen LogP contribution in [-0.2, 0) is 17.6 Å². The predicted molar refractivity (Wildman–Crippen MR) is 86.7 cm³/mol. The lowest BCUT2D eigenvalue weighted by atomic mass is 9.94. The number of benzene rings is 1. The maximum absolute atomic E-state index is 11.8. The summed E-state index contributed by atoms with van der Waals surface area (Å²) in [6.45, 7) is 0. The van der Waals surface area contributed by atoms with Crippen molar-refractivity contribution in [2.45, 2.75) is 31.7 Å². The fourth-order valence-electron chi connectivity index (χ4n) is 3.63. The molecule has 1 unspecified atom stereocenters. The molecule has 4 rings (SSSR count). The Morgan fingerprint density at radius 2 is 2.09 bits per heavy atom. The van der Waals surface area contributed by atoms with Gasteiger partial charge in [-0.25, -0.2) is 0 Å². The van der Waals surface area contributed by atoms with E-state index in [9.17, 15) is 4.79 Å². The Morgan fingerprint density at radius 3 is 2.95 bits per heavy atom. The Morgan fingerprint density at radius 1 is 1.23 bits per heavy atom. The zero-order valence-corrected chi connectivity index (χ0v) is 12.7. The number of aryl methyl sites for hydroxylation is 1. The van der Waals surface area contributed by atoms with Crippen molar-refractivity contribution in [3.8, 4) is 11.1 Å². The maximum Gasteiger partial charge on any atom is 0.227 e. The van der Waals surface area contributed by atoms with E-state index >= 15 is 0 Å². The lowest BCUT2D eigenvalue weighted by Gasteiger charge is -2.26. The quantitative estimate of drug-likeness (QED) is 0.879. The van der Waals surface area contributed by atoms with Crippen LogP contribution in [0.3, 0.4) is 0 Å². The largest absolute Gasteiger partial charge is 0.324 e. The number of carbonyl (C=O) groups is 1. The van der Waals surface area contributed by atoms with Crippen molar-refractivity contribution >= 4 is 11.6 Å². The van der Waals surface area contributed by atoms with Crippen LogP contribution in [0.5, 0.6) is 0 Å². The number of carbonyl (C=O) groups excluding carboxylic acids is 1.